The van der Waals surface area contributed by atoms with E-state index in [-0.39, 0.29) is 0 Å². The Kier molecular flexibility index (Phi) is 1.48. The molecule has 2 N–H and O–H groups in total. The van der Waals surface area contributed by atoms with Crippen LogP contribution in [0.1, 0.15) is 0 Å². The molecule has 12 heavy (non-hydrogen) atoms. The Morgan fingerprint density at radius 1 is 1.50 bits per heavy atom. The normalized spacial score (nSPS) is 10.8. The maximum absolute atomic E-state index is 5.79. The van der Waals surface area contributed by atoms with E-state index in [2.05, 4.69) is 5.10 Å². The number of aromatic nitrogens is 2. The predicted octanol–water partition coefficient (Wildman–Crippen LogP) is 1.81. The van der Waals surface area contributed by atoms with Crippen molar-refractivity contribution < 1.29 is 0 Å². The third-order valence-electron chi connectivity index (χ3n) is 1.84. The van der Waals surface area contributed by atoms with Crippen LogP contribution in [0.5, 0.6) is 0 Å². The number of nitrogens with zero attached hydrogens (tertiary/aromatic N) is 2. The summed E-state index contributed by atoms with van der Waals surface area (Å²) >= 11 is 5.79. The van der Waals surface area contributed by atoms with E-state index >= 15 is 0 Å². The Hall–Kier alpha value is -1.22. The lowest BCUT2D eigenvalue weighted by Gasteiger charge is -1.91. The third-order valence-corrected chi connectivity index (χ3v) is 2.08. The average molecular weight is 182 g/mol. The van der Waals surface area contributed by atoms with Crippen molar-refractivity contribution in [2.24, 2.45) is 7.05 Å². The molecule has 62 valence electrons. The summed E-state index contributed by atoms with van der Waals surface area (Å²) in [5.74, 6) is 0.668. The van der Waals surface area contributed by atoms with Crippen molar-refractivity contribution in [3.63, 3.8) is 0 Å². The first kappa shape index (κ1) is 7.43. The molecule has 0 fully saturated rings. The first-order chi connectivity index (χ1) is 5.68. The van der Waals surface area contributed by atoms with Crippen LogP contribution in [-0.4, -0.2) is 9.78 Å². The van der Waals surface area contributed by atoms with Gasteiger partial charge < -0.3 is 5.73 Å². The molecule has 0 aliphatic carbocycles. The smallest absolute Gasteiger partial charge is 0.129 e. The van der Waals surface area contributed by atoms with Gasteiger partial charge in [0.25, 0.3) is 0 Å². The first-order valence-electron chi connectivity index (χ1n) is 3.56. The minimum Gasteiger partial charge on any atom is -0.383 e. The summed E-state index contributed by atoms with van der Waals surface area (Å²) in [4.78, 5) is 0. The molecule has 0 saturated heterocycles. The van der Waals surface area contributed by atoms with E-state index in [1.807, 2.05) is 19.2 Å². The van der Waals surface area contributed by atoms with Crippen molar-refractivity contribution >= 4 is 28.3 Å². The number of hydrogen-bond acceptors (Lipinski definition) is 2. The highest BCUT2D eigenvalue weighted by Gasteiger charge is 2.04. The molecule has 0 unspecified atom stereocenters. The van der Waals surface area contributed by atoms with E-state index in [1.165, 1.54) is 0 Å². The maximum atomic E-state index is 5.79. The number of aryl methyl sites for hydroxylation is 1. The third kappa shape index (κ3) is 0.940. The van der Waals surface area contributed by atoms with Crippen molar-refractivity contribution in [1.29, 1.82) is 0 Å². The number of nitrogens with two attached hydrogens (primary N) is 1. The number of anilines is 1. The minimum atomic E-state index is 0.668. The van der Waals surface area contributed by atoms with Crippen molar-refractivity contribution in [3.05, 3.63) is 23.2 Å². The average Bonchev–Trinajstić information content (AvgIpc) is 2.28. The van der Waals surface area contributed by atoms with Crippen molar-refractivity contribution in [3.8, 4) is 0 Å². The standard InChI is InChI=1S/C8H8ClN3/c1-12-8(10)6-3-2-5(9)4-7(6)11-12/h2-4H,10H2,1H3. The second-order valence-electron chi connectivity index (χ2n) is 2.67. The molecule has 1 heterocycles. The van der Waals surface area contributed by atoms with E-state index in [4.69, 9.17) is 17.3 Å². The lowest BCUT2D eigenvalue weighted by Crippen LogP contribution is -1.96. The molecule has 0 aliphatic rings. The molecular formula is C8H8ClN3. The fraction of sp³-hybridized carbons (Fsp3) is 0.125. The van der Waals surface area contributed by atoms with Crippen molar-refractivity contribution in [2.45, 2.75) is 0 Å². The number of halogens is 1. The largest absolute Gasteiger partial charge is 0.383 e. The number of rotatable bonds is 0. The molecule has 1 aromatic carbocycles. The van der Waals surface area contributed by atoms with Gasteiger partial charge in [-0.15, -0.1) is 0 Å². The minimum absolute atomic E-state index is 0.668. The Morgan fingerprint density at radius 3 is 3.00 bits per heavy atom. The summed E-state index contributed by atoms with van der Waals surface area (Å²) in [6, 6.07) is 5.48. The molecule has 4 heteroatoms. The molecule has 0 bridgehead atoms. The second kappa shape index (κ2) is 2.38. The van der Waals surface area contributed by atoms with E-state index in [0.29, 0.717) is 10.8 Å². The highest BCUT2D eigenvalue weighted by Crippen LogP contribution is 2.22. The van der Waals surface area contributed by atoms with Gasteiger partial charge in [-0.2, -0.15) is 5.10 Å². The van der Waals surface area contributed by atoms with Crippen LogP contribution < -0.4 is 5.73 Å². The summed E-state index contributed by atoms with van der Waals surface area (Å²) in [5, 5.41) is 5.81. The van der Waals surface area contributed by atoms with Gasteiger partial charge in [-0.25, -0.2) is 0 Å². The van der Waals surface area contributed by atoms with Gasteiger partial charge >= 0.3 is 0 Å². The van der Waals surface area contributed by atoms with Gasteiger partial charge in [-0.3, -0.25) is 4.68 Å². The molecule has 3 nitrogen and oxygen atoms in total. The zero-order valence-corrected chi connectivity index (χ0v) is 7.34. The monoisotopic (exact) mass is 181 g/mol. The van der Waals surface area contributed by atoms with Gasteiger partial charge in [0.1, 0.15) is 5.82 Å². The van der Waals surface area contributed by atoms with E-state index in [1.54, 1.807) is 10.7 Å². The van der Waals surface area contributed by atoms with Crippen LogP contribution in [0.4, 0.5) is 5.82 Å². The summed E-state index contributed by atoms with van der Waals surface area (Å²) in [5.41, 5.74) is 6.58. The molecule has 0 aliphatic heterocycles. The van der Waals surface area contributed by atoms with Gasteiger partial charge in [-0.05, 0) is 18.2 Å². The molecular weight excluding hydrogens is 174 g/mol. The van der Waals surface area contributed by atoms with E-state index in [9.17, 15) is 0 Å². The van der Waals surface area contributed by atoms with Gasteiger partial charge in [0.15, 0.2) is 0 Å². The fourth-order valence-corrected chi connectivity index (χ4v) is 1.36. The summed E-state index contributed by atoms with van der Waals surface area (Å²) < 4.78 is 1.64. The Balaban J connectivity index is 2.87. The Bertz CT molecular complexity index is 433. The molecule has 1 aromatic heterocycles. The molecule has 0 spiro atoms. The first-order valence-corrected chi connectivity index (χ1v) is 3.94. The van der Waals surface area contributed by atoms with Crippen LogP contribution in [0, 0.1) is 0 Å². The van der Waals surface area contributed by atoms with Crippen LogP contribution in [0.3, 0.4) is 0 Å². The zero-order valence-electron chi connectivity index (χ0n) is 6.58. The second-order valence-corrected chi connectivity index (χ2v) is 3.11. The SMILES string of the molecule is Cn1nc2cc(Cl)ccc2c1N. The van der Waals surface area contributed by atoms with Crippen LogP contribution in [0.25, 0.3) is 10.9 Å². The highest BCUT2D eigenvalue weighted by molar-refractivity contribution is 6.31. The molecule has 0 amide bonds. The topological polar surface area (TPSA) is 43.8 Å². The van der Waals surface area contributed by atoms with Crippen molar-refractivity contribution in [2.75, 3.05) is 5.73 Å². The lowest BCUT2D eigenvalue weighted by molar-refractivity contribution is 0.791. The van der Waals surface area contributed by atoms with Crippen molar-refractivity contribution in [1.82, 2.24) is 9.78 Å². The quantitative estimate of drug-likeness (QED) is 0.674. The van der Waals surface area contributed by atoms with Gasteiger partial charge in [0.05, 0.1) is 5.52 Å². The molecule has 2 aromatic rings. The van der Waals surface area contributed by atoms with Crippen LogP contribution in [0.15, 0.2) is 18.2 Å². The van der Waals surface area contributed by atoms with Crippen LogP contribution >= 0.6 is 11.6 Å². The lowest BCUT2D eigenvalue weighted by atomic mass is 10.2. The van der Waals surface area contributed by atoms with E-state index in [0.717, 1.165) is 10.9 Å². The zero-order chi connectivity index (χ0) is 8.72. The number of benzene rings is 1. The highest BCUT2D eigenvalue weighted by atomic mass is 35.5. The Labute approximate surface area is 74.7 Å². The fourth-order valence-electron chi connectivity index (χ4n) is 1.19. The molecule has 0 saturated carbocycles. The summed E-state index contributed by atoms with van der Waals surface area (Å²) in [6.07, 6.45) is 0. The number of nitrogen functional groups attached to an aromatic ring is 1. The Morgan fingerprint density at radius 2 is 2.25 bits per heavy atom. The molecule has 0 atom stereocenters. The van der Waals surface area contributed by atoms with Gasteiger partial charge in [0.2, 0.25) is 0 Å². The summed E-state index contributed by atoms with van der Waals surface area (Å²) in [6.45, 7) is 0. The number of hydrogen-bond donors (Lipinski definition) is 1. The molecule has 0 radical (unpaired) electrons. The maximum Gasteiger partial charge on any atom is 0.129 e. The predicted molar refractivity (Wildman–Crippen MR) is 50.1 cm³/mol. The van der Waals surface area contributed by atoms with Gasteiger partial charge in [-0.1, -0.05) is 11.6 Å². The van der Waals surface area contributed by atoms with Crippen LogP contribution in [-0.2, 0) is 7.05 Å². The molecule has 2 rings (SSSR count). The van der Waals surface area contributed by atoms with Gasteiger partial charge in [0, 0.05) is 17.5 Å². The van der Waals surface area contributed by atoms with E-state index < -0.39 is 0 Å². The van der Waals surface area contributed by atoms with Crippen LogP contribution in [0.2, 0.25) is 5.02 Å². The number of fused-ring (bicyclic) bond motifs is 1. The summed E-state index contributed by atoms with van der Waals surface area (Å²) in [7, 11) is 1.81.